The molecular formula is C15H13ClFN3O3. The monoisotopic (exact) mass is 337 g/mol. The van der Waals surface area contributed by atoms with Gasteiger partial charge in [0, 0.05) is 19.0 Å². The van der Waals surface area contributed by atoms with Crippen LogP contribution in [0.2, 0.25) is 5.02 Å². The van der Waals surface area contributed by atoms with E-state index in [0.29, 0.717) is 5.69 Å². The molecule has 0 saturated carbocycles. The Labute approximate surface area is 136 Å². The third-order valence-electron chi connectivity index (χ3n) is 2.99. The fraction of sp³-hybridized carbons (Fsp3) is 0.133. The highest BCUT2D eigenvalue weighted by molar-refractivity contribution is 6.31. The SMILES string of the molecule is O=C(CCNc1ccccc1[N+](=O)[O-])Nc1cccc(Cl)c1F. The Morgan fingerprint density at radius 2 is 1.87 bits per heavy atom. The van der Waals surface area contributed by atoms with Gasteiger partial charge < -0.3 is 10.6 Å². The van der Waals surface area contributed by atoms with Crippen LogP contribution in [0.15, 0.2) is 42.5 Å². The number of nitro groups is 1. The number of rotatable bonds is 6. The topological polar surface area (TPSA) is 84.3 Å². The number of para-hydroxylation sites is 2. The Morgan fingerprint density at radius 1 is 1.17 bits per heavy atom. The number of anilines is 2. The summed E-state index contributed by atoms with van der Waals surface area (Å²) in [6.45, 7) is 0.166. The molecule has 6 nitrogen and oxygen atoms in total. The predicted molar refractivity (Wildman–Crippen MR) is 86.2 cm³/mol. The largest absolute Gasteiger partial charge is 0.379 e. The minimum Gasteiger partial charge on any atom is -0.379 e. The first-order valence-electron chi connectivity index (χ1n) is 6.70. The van der Waals surface area contributed by atoms with Crippen LogP contribution >= 0.6 is 11.6 Å². The Kier molecular flexibility index (Phi) is 5.48. The van der Waals surface area contributed by atoms with E-state index >= 15 is 0 Å². The summed E-state index contributed by atoms with van der Waals surface area (Å²) in [5, 5.41) is 16.0. The molecule has 0 atom stereocenters. The zero-order valence-corrected chi connectivity index (χ0v) is 12.6. The van der Waals surface area contributed by atoms with Gasteiger partial charge in [-0.05, 0) is 18.2 Å². The molecular weight excluding hydrogens is 325 g/mol. The lowest BCUT2D eigenvalue weighted by Crippen LogP contribution is -2.17. The summed E-state index contributed by atoms with van der Waals surface area (Å²) >= 11 is 5.63. The van der Waals surface area contributed by atoms with E-state index in [1.54, 1.807) is 18.2 Å². The van der Waals surface area contributed by atoms with E-state index in [9.17, 15) is 19.3 Å². The van der Waals surface area contributed by atoms with Gasteiger partial charge in [-0.2, -0.15) is 0 Å². The molecule has 2 aromatic rings. The van der Waals surface area contributed by atoms with E-state index < -0.39 is 16.6 Å². The molecule has 8 heteroatoms. The third-order valence-corrected chi connectivity index (χ3v) is 3.29. The molecule has 0 aliphatic carbocycles. The van der Waals surface area contributed by atoms with Crippen molar-refractivity contribution in [1.82, 2.24) is 0 Å². The lowest BCUT2D eigenvalue weighted by atomic mass is 10.2. The van der Waals surface area contributed by atoms with Crippen LogP contribution in [0, 0.1) is 15.9 Å². The molecule has 2 N–H and O–H groups in total. The summed E-state index contributed by atoms with van der Waals surface area (Å²) in [6.07, 6.45) is 0.0119. The summed E-state index contributed by atoms with van der Waals surface area (Å²) in [5.41, 5.74) is 0.237. The van der Waals surface area contributed by atoms with E-state index in [4.69, 9.17) is 11.6 Å². The van der Waals surface area contributed by atoms with Crippen molar-refractivity contribution >= 4 is 34.6 Å². The molecule has 120 valence electrons. The van der Waals surface area contributed by atoms with Crippen molar-refractivity contribution in [3.05, 3.63) is 63.4 Å². The fourth-order valence-corrected chi connectivity index (χ4v) is 2.08. The first kappa shape index (κ1) is 16.7. The third kappa shape index (κ3) is 4.40. The quantitative estimate of drug-likeness (QED) is 0.619. The van der Waals surface area contributed by atoms with Crippen molar-refractivity contribution in [2.45, 2.75) is 6.42 Å². The molecule has 0 saturated heterocycles. The maximum absolute atomic E-state index is 13.7. The zero-order valence-electron chi connectivity index (χ0n) is 11.9. The van der Waals surface area contributed by atoms with Crippen LogP contribution in [0.25, 0.3) is 0 Å². The standard InChI is InChI=1S/C15H13ClFN3O3/c16-10-4-3-6-12(15(10)17)19-14(21)8-9-18-11-5-1-2-7-13(11)20(22)23/h1-7,18H,8-9H2,(H,19,21). The van der Waals surface area contributed by atoms with Crippen molar-refractivity contribution in [2.24, 2.45) is 0 Å². The number of benzene rings is 2. The molecule has 0 aliphatic rings. The van der Waals surface area contributed by atoms with Gasteiger partial charge in [0.1, 0.15) is 5.69 Å². The molecule has 0 fully saturated rings. The molecule has 0 aromatic heterocycles. The molecule has 0 unspecified atom stereocenters. The minimum absolute atomic E-state index is 0.00630. The number of amides is 1. The Hall–Kier alpha value is -2.67. The van der Waals surface area contributed by atoms with Crippen molar-refractivity contribution in [1.29, 1.82) is 0 Å². The van der Waals surface area contributed by atoms with E-state index in [0.717, 1.165) is 0 Å². The highest BCUT2D eigenvalue weighted by atomic mass is 35.5. The Bertz CT molecular complexity index is 740. The van der Waals surface area contributed by atoms with Crippen molar-refractivity contribution in [3.8, 4) is 0 Å². The second kappa shape index (κ2) is 7.55. The van der Waals surface area contributed by atoms with Gasteiger partial charge in [-0.3, -0.25) is 14.9 Å². The van der Waals surface area contributed by atoms with Gasteiger partial charge in [-0.25, -0.2) is 4.39 Å². The van der Waals surface area contributed by atoms with E-state index in [1.807, 2.05) is 0 Å². The predicted octanol–water partition coefficient (Wildman–Crippen LogP) is 3.83. The fourth-order valence-electron chi connectivity index (χ4n) is 1.91. The van der Waals surface area contributed by atoms with Gasteiger partial charge in [0.15, 0.2) is 5.82 Å². The van der Waals surface area contributed by atoms with Crippen LogP contribution in [0.5, 0.6) is 0 Å². The number of halogens is 2. The summed E-state index contributed by atoms with van der Waals surface area (Å²) in [4.78, 5) is 22.1. The molecule has 1 amide bonds. The van der Waals surface area contributed by atoms with Gasteiger partial charge in [0.2, 0.25) is 5.91 Å². The number of nitrogens with zero attached hydrogens (tertiary/aromatic N) is 1. The van der Waals surface area contributed by atoms with E-state index in [-0.39, 0.29) is 29.4 Å². The second-order valence-corrected chi connectivity index (χ2v) is 5.01. The molecule has 2 rings (SSSR count). The molecule has 23 heavy (non-hydrogen) atoms. The van der Waals surface area contributed by atoms with Gasteiger partial charge in [0.25, 0.3) is 5.69 Å². The maximum atomic E-state index is 13.7. The average Bonchev–Trinajstić information content (AvgIpc) is 2.52. The van der Waals surface area contributed by atoms with Crippen LogP contribution in [0.1, 0.15) is 6.42 Å². The summed E-state index contributed by atoms with van der Waals surface area (Å²) in [5.74, 6) is -1.13. The smallest absolute Gasteiger partial charge is 0.292 e. The molecule has 0 bridgehead atoms. The highest BCUT2D eigenvalue weighted by Crippen LogP contribution is 2.23. The molecule has 0 radical (unpaired) electrons. The van der Waals surface area contributed by atoms with Gasteiger partial charge >= 0.3 is 0 Å². The van der Waals surface area contributed by atoms with E-state index in [2.05, 4.69) is 10.6 Å². The van der Waals surface area contributed by atoms with Crippen LogP contribution in [-0.2, 0) is 4.79 Å². The average molecular weight is 338 g/mol. The van der Waals surface area contributed by atoms with Gasteiger partial charge in [-0.15, -0.1) is 0 Å². The second-order valence-electron chi connectivity index (χ2n) is 4.60. The zero-order chi connectivity index (χ0) is 16.8. The van der Waals surface area contributed by atoms with Crippen LogP contribution in [-0.4, -0.2) is 17.4 Å². The minimum atomic E-state index is -0.700. The van der Waals surface area contributed by atoms with Crippen molar-refractivity contribution in [2.75, 3.05) is 17.2 Å². The lowest BCUT2D eigenvalue weighted by molar-refractivity contribution is -0.384. The Balaban J connectivity index is 1.91. The summed E-state index contributed by atoms with van der Waals surface area (Å²) in [6, 6.07) is 10.4. The molecule has 0 aliphatic heterocycles. The first-order chi connectivity index (χ1) is 11.0. The summed E-state index contributed by atoms with van der Waals surface area (Å²) < 4.78 is 13.7. The number of carbonyl (C=O) groups excluding carboxylic acids is 1. The van der Waals surface area contributed by atoms with Gasteiger partial charge in [-0.1, -0.05) is 29.8 Å². The lowest BCUT2D eigenvalue weighted by Gasteiger charge is -2.09. The number of hydrogen-bond donors (Lipinski definition) is 2. The molecule has 0 heterocycles. The highest BCUT2D eigenvalue weighted by Gasteiger charge is 2.13. The molecule has 2 aromatic carbocycles. The normalized spacial score (nSPS) is 10.2. The van der Waals surface area contributed by atoms with Gasteiger partial charge in [0.05, 0.1) is 15.6 Å². The Morgan fingerprint density at radius 3 is 2.61 bits per heavy atom. The van der Waals surface area contributed by atoms with Crippen LogP contribution in [0.3, 0.4) is 0 Å². The number of nitrogens with one attached hydrogen (secondary N) is 2. The summed E-state index contributed by atoms with van der Waals surface area (Å²) in [7, 11) is 0. The van der Waals surface area contributed by atoms with Crippen molar-refractivity contribution in [3.63, 3.8) is 0 Å². The molecule has 0 spiro atoms. The van der Waals surface area contributed by atoms with E-state index in [1.165, 1.54) is 24.3 Å². The number of carbonyl (C=O) groups is 1. The number of hydrogen-bond acceptors (Lipinski definition) is 4. The van der Waals surface area contributed by atoms with Crippen LogP contribution < -0.4 is 10.6 Å². The van der Waals surface area contributed by atoms with Crippen molar-refractivity contribution < 1.29 is 14.1 Å². The number of nitro benzene ring substituents is 1. The maximum Gasteiger partial charge on any atom is 0.292 e. The first-order valence-corrected chi connectivity index (χ1v) is 7.08. The van der Waals surface area contributed by atoms with Crippen LogP contribution in [0.4, 0.5) is 21.5 Å².